The van der Waals surface area contributed by atoms with Gasteiger partial charge in [0.2, 0.25) is 0 Å². The van der Waals surface area contributed by atoms with Crippen molar-refractivity contribution in [3.63, 3.8) is 0 Å². The van der Waals surface area contributed by atoms with Gasteiger partial charge in [0.05, 0.1) is 21.8 Å². The fourth-order valence-corrected chi connectivity index (χ4v) is 3.69. The summed E-state index contributed by atoms with van der Waals surface area (Å²) in [5.41, 5.74) is 3.13. The summed E-state index contributed by atoms with van der Waals surface area (Å²) < 4.78 is 1.07. The molecule has 0 aliphatic carbocycles. The number of nitriles is 1. The minimum absolute atomic E-state index is 0.104. The lowest BCUT2D eigenvalue weighted by Crippen LogP contribution is -2.36. The van der Waals surface area contributed by atoms with Crippen LogP contribution in [0, 0.1) is 18.3 Å². The third kappa shape index (κ3) is 3.74. The molecule has 132 valence electrons. The van der Waals surface area contributed by atoms with Crippen LogP contribution in [0.15, 0.2) is 42.5 Å². The number of benzene rings is 2. The Balaban J connectivity index is 1.98. The van der Waals surface area contributed by atoms with E-state index >= 15 is 0 Å². The van der Waals surface area contributed by atoms with Crippen LogP contribution in [0.1, 0.15) is 21.5 Å². The molecule has 0 saturated heterocycles. The predicted octanol–water partition coefficient (Wildman–Crippen LogP) is 3.68. The number of rotatable bonds is 5. The standard InChI is InChI=1S/C20H20N4OS/c1-14-5-4-6-17-18(14)22-20(26-17)24(12-11-23(2)3)19(25)16-9-7-15(13-21)8-10-16/h4-10H,11-12H2,1-3H3. The molecule has 1 amide bonds. The molecule has 0 radical (unpaired) electrons. The van der Waals surface area contributed by atoms with Crippen LogP contribution in [0.4, 0.5) is 5.13 Å². The molecule has 0 unspecified atom stereocenters. The van der Waals surface area contributed by atoms with Gasteiger partial charge < -0.3 is 4.90 Å². The highest BCUT2D eigenvalue weighted by atomic mass is 32.1. The molecule has 5 nitrogen and oxygen atoms in total. The van der Waals surface area contributed by atoms with Crippen molar-refractivity contribution >= 4 is 32.6 Å². The number of anilines is 1. The molecule has 0 fully saturated rings. The van der Waals surface area contributed by atoms with Gasteiger partial charge in [0.1, 0.15) is 0 Å². The Kier molecular flexibility index (Phi) is 5.31. The fraction of sp³-hybridized carbons (Fsp3) is 0.250. The molecule has 0 saturated carbocycles. The summed E-state index contributed by atoms with van der Waals surface area (Å²) in [6.07, 6.45) is 0. The Morgan fingerprint density at radius 2 is 1.88 bits per heavy atom. The fourth-order valence-electron chi connectivity index (χ4n) is 2.62. The van der Waals surface area contributed by atoms with Gasteiger partial charge in [-0.3, -0.25) is 9.69 Å². The Bertz CT molecular complexity index is 970. The van der Waals surface area contributed by atoms with Crippen LogP contribution in [-0.4, -0.2) is 43.0 Å². The van der Waals surface area contributed by atoms with Gasteiger partial charge in [-0.05, 0) is 56.9 Å². The summed E-state index contributed by atoms with van der Waals surface area (Å²) in [6.45, 7) is 3.31. The van der Waals surface area contributed by atoms with E-state index in [4.69, 9.17) is 10.2 Å². The summed E-state index contributed by atoms with van der Waals surface area (Å²) in [6, 6.07) is 14.9. The molecule has 1 aromatic heterocycles. The number of hydrogen-bond donors (Lipinski definition) is 0. The number of hydrogen-bond acceptors (Lipinski definition) is 5. The molecule has 1 heterocycles. The number of thiazole rings is 1. The molecule has 0 atom stereocenters. The molecule has 3 rings (SSSR count). The zero-order chi connectivity index (χ0) is 18.7. The summed E-state index contributed by atoms with van der Waals surface area (Å²) >= 11 is 1.52. The highest BCUT2D eigenvalue weighted by Crippen LogP contribution is 2.31. The summed E-state index contributed by atoms with van der Waals surface area (Å²) in [5, 5.41) is 9.65. The van der Waals surface area contributed by atoms with Crippen LogP contribution in [0.25, 0.3) is 10.2 Å². The van der Waals surface area contributed by atoms with Crippen LogP contribution in [0.2, 0.25) is 0 Å². The molecule has 6 heteroatoms. The monoisotopic (exact) mass is 364 g/mol. The minimum Gasteiger partial charge on any atom is -0.308 e. The molecule has 0 bridgehead atoms. The van der Waals surface area contributed by atoms with Crippen LogP contribution in [0.5, 0.6) is 0 Å². The van der Waals surface area contributed by atoms with Gasteiger partial charge in [-0.15, -0.1) is 0 Å². The van der Waals surface area contributed by atoms with Crippen molar-refractivity contribution in [2.45, 2.75) is 6.92 Å². The highest BCUT2D eigenvalue weighted by molar-refractivity contribution is 7.22. The second-order valence-corrected chi connectivity index (χ2v) is 7.38. The van der Waals surface area contributed by atoms with E-state index in [2.05, 4.69) is 6.07 Å². The van der Waals surface area contributed by atoms with Crippen LogP contribution >= 0.6 is 11.3 Å². The second kappa shape index (κ2) is 7.65. The summed E-state index contributed by atoms with van der Waals surface area (Å²) in [5.74, 6) is -0.104. The number of likely N-dealkylation sites (N-methyl/N-ethyl adjacent to an activating group) is 1. The van der Waals surface area contributed by atoms with Crippen molar-refractivity contribution in [3.05, 3.63) is 59.2 Å². The lowest BCUT2D eigenvalue weighted by atomic mass is 10.1. The van der Waals surface area contributed by atoms with Gasteiger partial charge in [0, 0.05) is 18.7 Å². The average Bonchev–Trinajstić information content (AvgIpc) is 3.07. The quantitative estimate of drug-likeness (QED) is 0.693. The van der Waals surface area contributed by atoms with Gasteiger partial charge in [0.25, 0.3) is 5.91 Å². The average molecular weight is 364 g/mol. The number of para-hydroxylation sites is 1. The number of carbonyl (C=O) groups excluding carboxylic acids is 1. The first-order valence-corrected chi connectivity index (χ1v) is 9.14. The third-order valence-corrected chi connectivity index (χ3v) is 5.16. The molecule has 2 aromatic carbocycles. The van der Waals surface area contributed by atoms with Crippen molar-refractivity contribution in [1.29, 1.82) is 5.26 Å². The zero-order valence-corrected chi connectivity index (χ0v) is 15.9. The molecular formula is C20H20N4OS. The van der Waals surface area contributed by atoms with E-state index < -0.39 is 0 Å². The van der Waals surface area contributed by atoms with E-state index in [1.165, 1.54) is 11.3 Å². The molecule has 0 spiro atoms. The first kappa shape index (κ1) is 18.1. The van der Waals surface area contributed by atoms with Gasteiger partial charge in [0.15, 0.2) is 5.13 Å². The normalized spacial score (nSPS) is 10.9. The van der Waals surface area contributed by atoms with E-state index in [1.807, 2.05) is 44.1 Å². The topological polar surface area (TPSA) is 60.2 Å². The summed E-state index contributed by atoms with van der Waals surface area (Å²) in [4.78, 5) is 21.6. The highest BCUT2D eigenvalue weighted by Gasteiger charge is 2.21. The summed E-state index contributed by atoms with van der Waals surface area (Å²) in [7, 11) is 3.96. The van der Waals surface area contributed by atoms with E-state index in [-0.39, 0.29) is 5.91 Å². The van der Waals surface area contributed by atoms with Crippen LogP contribution in [0.3, 0.4) is 0 Å². The molecular weight excluding hydrogens is 344 g/mol. The zero-order valence-electron chi connectivity index (χ0n) is 15.1. The van der Waals surface area contributed by atoms with Crippen molar-refractivity contribution in [2.24, 2.45) is 0 Å². The largest absolute Gasteiger partial charge is 0.308 e. The van der Waals surface area contributed by atoms with E-state index in [0.29, 0.717) is 22.8 Å². The van der Waals surface area contributed by atoms with E-state index in [9.17, 15) is 4.79 Å². The maximum absolute atomic E-state index is 13.1. The number of fused-ring (bicyclic) bond motifs is 1. The molecule has 0 aliphatic rings. The van der Waals surface area contributed by atoms with E-state index in [1.54, 1.807) is 29.2 Å². The third-order valence-electron chi connectivity index (χ3n) is 4.12. The number of amides is 1. The van der Waals surface area contributed by atoms with E-state index in [0.717, 1.165) is 22.3 Å². The smallest absolute Gasteiger partial charge is 0.260 e. The number of aromatic nitrogens is 1. The maximum atomic E-state index is 13.1. The Morgan fingerprint density at radius 3 is 2.50 bits per heavy atom. The Labute approximate surface area is 157 Å². The first-order chi connectivity index (χ1) is 12.5. The maximum Gasteiger partial charge on any atom is 0.260 e. The van der Waals surface area contributed by atoms with Crippen LogP contribution < -0.4 is 4.90 Å². The predicted molar refractivity (Wildman–Crippen MR) is 106 cm³/mol. The number of aryl methyl sites for hydroxylation is 1. The lowest BCUT2D eigenvalue weighted by Gasteiger charge is -2.22. The van der Waals surface area contributed by atoms with Gasteiger partial charge in [-0.2, -0.15) is 5.26 Å². The van der Waals surface area contributed by atoms with Gasteiger partial charge in [-0.25, -0.2) is 4.98 Å². The Hall–Kier alpha value is -2.75. The van der Waals surface area contributed by atoms with Crippen molar-refractivity contribution < 1.29 is 4.79 Å². The number of nitrogens with zero attached hydrogens (tertiary/aromatic N) is 4. The first-order valence-electron chi connectivity index (χ1n) is 8.32. The van der Waals surface area contributed by atoms with Crippen molar-refractivity contribution in [2.75, 3.05) is 32.1 Å². The van der Waals surface area contributed by atoms with Gasteiger partial charge in [-0.1, -0.05) is 23.5 Å². The number of carbonyl (C=O) groups is 1. The van der Waals surface area contributed by atoms with Crippen LogP contribution in [-0.2, 0) is 0 Å². The molecule has 0 N–H and O–H groups in total. The molecule has 3 aromatic rings. The molecule has 26 heavy (non-hydrogen) atoms. The second-order valence-electron chi connectivity index (χ2n) is 6.37. The van der Waals surface area contributed by atoms with Crippen molar-refractivity contribution in [1.82, 2.24) is 9.88 Å². The minimum atomic E-state index is -0.104. The van der Waals surface area contributed by atoms with Gasteiger partial charge >= 0.3 is 0 Å². The molecule has 0 aliphatic heterocycles. The lowest BCUT2D eigenvalue weighted by molar-refractivity contribution is 0.0985. The SMILES string of the molecule is Cc1cccc2sc(N(CCN(C)C)C(=O)c3ccc(C#N)cc3)nc12. The van der Waals surface area contributed by atoms with Crippen molar-refractivity contribution in [3.8, 4) is 6.07 Å². The Morgan fingerprint density at radius 1 is 1.15 bits per heavy atom.